The Bertz CT molecular complexity index is 899. The fourth-order valence-corrected chi connectivity index (χ4v) is 2.99. The van der Waals surface area contributed by atoms with Gasteiger partial charge in [0.1, 0.15) is 0 Å². The number of rotatable bonds is 5. The zero-order chi connectivity index (χ0) is 18.4. The van der Waals surface area contributed by atoms with Crippen LogP contribution in [0, 0.1) is 6.92 Å². The average molecular weight is 358 g/mol. The number of benzene rings is 2. The van der Waals surface area contributed by atoms with E-state index in [9.17, 15) is 18.0 Å². The molecule has 0 aromatic heterocycles. The molecule has 2 rings (SSSR count). The second-order valence-electron chi connectivity index (χ2n) is 5.42. The SMILES string of the molecule is CC(=O)NS(=O)(=O)c1ccc(NC(=O)/C=C/c2ccc(C)cc2)cc1. The van der Waals surface area contributed by atoms with E-state index in [0.717, 1.165) is 18.1 Å². The molecule has 0 atom stereocenters. The zero-order valence-electron chi connectivity index (χ0n) is 13.8. The number of hydrogen-bond acceptors (Lipinski definition) is 4. The van der Waals surface area contributed by atoms with Gasteiger partial charge < -0.3 is 5.32 Å². The summed E-state index contributed by atoms with van der Waals surface area (Å²) in [5, 5.41) is 2.64. The van der Waals surface area contributed by atoms with Crippen molar-refractivity contribution in [2.24, 2.45) is 0 Å². The van der Waals surface area contributed by atoms with Crippen LogP contribution in [-0.4, -0.2) is 20.2 Å². The van der Waals surface area contributed by atoms with Crippen molar-refractivity contribution in [1.82, 2.24) is 4.72 Å². The largest absolute Gasteiger partial charge is 0.323 e. The van der Waals surface area contributed by atoms with Crippen LogP contribution in [0.4, 0.5) is 5.69 Å². The van der Waals surface area contributed by atoms with E-state index in [-0.39, 0.29) is 10.8 Å². The van der Waals surface area contributed by atoms with E-state index in [1.807, 2.05) is 35.9 Å². The molecule has 25 heavy (non-hydrogen) atoms. The number of nitrogens with one attached hydrogen (secondary N) is 2. The summed E-state index contributed by atoms with van der Waals surface area (Å²) in [6.45, 7) is 3.10. The van der Waals surface area contributed by atoms with Crippen LogP contribution in [-0.2, 0) is 19.6 Å². The molecular weight excluding hydrogens is 340 g/mol. The molecule has 0 bridgehead atoms. The van der Waals surface area contributed by atoms with Crippen molar-refractivity contribution in [3.63, 3.8) is 0 Å². The fraction of sp³-hybridized carbons (Fsp3) is 0.111. The second kappa shape index (κ2) is 7.76. The average Bonchev–Trinajstić information content (AvgIpc) is 2.54. The molecule has 0 unspecified atom stereocenters. The van der Waals surface area contributed by atoms with Crippen molar-refractivity contribution < 1.29 is 18.0 Å². The maximum atomic E-state index is 11.9. The Morgan fingerprint density at radius 1 is 0.960 bits per heavy atom. The van der Waals surface area contributed by atoms with Crippen molar-refractivity contribution in [3.8, 4) is 0 Å². The third-order valence-corrected chi connectivity index (χ3v) is 4.66. The Morgan fingerprint density at radius 2 is 1.56 bits per heavy atom. The van der Waals surface area contributed by atoms with Crippen LogP contribution >= 0.6 is 0 Å². The molecule has 0 aliphatic rings. The predicted molar refractivity (Wildman–Crippen MR) is 96.3 cm³/mol. The van der Waals surface area contributed by atoms with Crippen molar-refractivity contribution in [3.05, 3.63) is 65.7 Å². The van der Waals surface area contributed by atoms with Crippen LogP contribution in [0.25, 0.3) is 6.08 Å². The molecule has 0 fully saturated rings. The number of carbonyl (C=O) groups is 2. The van der Waals surface area contributed by atoms with Crippen LogP contribution in [0.15, 0.2) is 59.5 Å². The fourth-order valence-electron chi connectivity index (χ4n) is 2.00. The summed E-state index contributed by atoms with van der Waals surface area (Å²) in [5.74, 6) is -1.00. The molecular formula is C18H18N2O4S. The first-order valence-electron chi connectivity index (χ1n) is 7.45. The molecule has 2 aromatic rings. The van der Waals surface area contributed by atoms with Gasteiger partial charge in [-0.3, -0.25) is 9.59 Å². The molecule has 2 aromatic carbocycles. The minimum atomic E-state index is -3.88. The van der Waals surface area contributed by atoms with Gasteiger partial charge in [-0.1, -0.05) is 29.8 Å². The normalized spacial score (nSPS) is 11.3. The summed E-state index contributed by atoms with van der Waals surface area (Å²) < 4.78 is 25.5. The first-order chi connectivity index (χ1) is 11.8. The molecule has 2 N–H and O–H groups in total. The van der Waals surface area contributed by atoms with E-state index >= 15 is 0 Å². The van der Waals surface area contributed by atoms with Crippen LogP contribution < -0.4 is 10.0 Å². The predicted octanol–water partition coefficient (Wildman–Crippen LogP) is 2.47. The molecule has 0 aliphatic heterocycles. The molecule has 0 heterocycles. The molecule has 0 saturated heterocycles. The van der Waals surface area contributed by atoms with Gasteiger partial charge in [0.15, 0.2) is 0 Å². The zero-order valence-corrected chi connectivity index (χ0v) is 14.6. The smallest absolute Gasteiger partial charge is 0.264 e. The van der Waals surface area contributed by atoms with Gasteiger partial charge in [-0.15, -0.1) is 0 Å². The molecule has 0 saturated carbocycles. The molecule has 0 aliphatic carbocycles. The molecule has 7 heteroatoms. The van der Waals surface area contributed by atoms with E-state index in [4.69, 9.17) is 0 Å². The lowest BCUT2D eigenvalue weighted by Gasteiger charge is -2.06. The maximum Gasteiger partial charge on any atom is 0.264 e. The highest BCUT2D eigenvalue weighted by molar-refractivity contribution is 7.90. The van der Waals surface area contributed by atoms with Crippen LogP contribution in [0.1, 0.15) is 18.1 Å². The monoisotopic (exact) mass is 358 g/mol. The number of hydrogen-bond donors (Lipinski definition) is 2. The van der Waals surface area contributed by atoms with Crippen molar-refractivity contribution in [2.45, 2.75) is 18.7 Å². The number of aryl methyl sites for hydroxylation is 1. The molecule has 0 radical (unpaired) electrons. The van der Waals surface area contributed by atoms with Gasteiger partial charge in [0, 0.05) is 18.7 Å². The van der Waals surface area contributed by atoms with E-state index in [1.165, 1.54) is 30.3 Å². The van der Waals surface area contributed by atoms with Gasteiger partial charge in [0.25, 0.3) is 10.0 Å². The highest BCUT2D eigenvalue weighted by Gasteiger charge is 2.15. The summed E-state index contributed by atoms with van der Waals surface area (Å²) in [7, 11) is -3.88. The lowest BCUT2D eigenvalue weighted by molar-refractivity contribution is -0.117. The summed E-state index contributed by atoms with van der Waals surface area (Å²) in [5.41, 5.74) is 2.48. The Balaban J connectivity index is 2.02. The highest BCUT2D eigenvalue weighted by atomic mass is 32.2. The number of amides is 2. The Morgan fingerprint density at radius 3 is 2.12 bits per heavy atom. The second-order valence-corrected chi connectivity index (χ2v) is 7.10. The quantitative estimate of drug-likeness (QED) is 0.803. The molecule has 0 spiro atoms. The van der Waals surface area contributed by atoms with E-state index in [1.54, 1.807) is 6.08 Å². The Kier molecular flexibility index (Phi) is 5.71. The Hall–Kier alpha value is -2.93. The topological polar surface area (TPSA) is 92.3 Å². The molecule has 130 valence electrons. The standard InChI is InChI=1S/C18H18N2O4S/c1-13-3-5-15(6-4-13)7-12-18(22)19-16-8-10-17(11-9-16)25(23,24)20-14(2)21/h3-12H,1-2H3,(H,19,22)(H,20,21)/b12-7+. The first-order valence-corrected chi connectivity index (χ1v) is 8.94. The lowest BCUT2D eigenvalue weighted by Crippen LogP contribution is -2.28. The van der Waals surface area contributed by atoms with E-state index in [0.29, 0.717) is 5.69 Å². The number of carbonyl (C=O) groups excluding carboxylic acids is 2. The first kappa shape index (κ1) is 18.4. The summed E-state index contributed by atoms with van der Waals surface area (Å²) >= 11 is 0. The third kappa shape index (κ3) is 5.58. The van der Waals surface area contributed by atoms with Crippen molar-refractivity contribution >= 4 is 33.6 Å². The van der Waals surface area contributed by atoms with Gasteiger partial charge in [0.05, 0.1) is 4.90 Å². The number of sulfonamides is 1. The summed E-state index contributed by atoms with van der Waals surface area (Å²) in [6, 6.07) is 13.2. The third-order valence-electron chi connectivity index (χ3n) is 3.21. The lowest BCUT2D eigenvalue weighted by atomic mass is 10.1. The Labute approximate surface area is 146 Å². The minimum Gasteiger partial charge on any atom is -0.323 e. The van der Waals surface area contributed by atoms with E-state index in [2.05, 4.69) is 5.32 Å². The van der Waals surface area contributed by atoms with Gasteiger partial charge in [0.2, 0.25) is 11.8 Å². The van der Waals surface area contributed by atoms with Crippen molar-refractivity contribution in [2.75, 3.05) is 5.32 Å². The van der Waals surface area contributed by atoms with Gasteiger partial charge in [-0.2, -0.15) is 0 Å². The molecule has 6 nitrogen and oxygen atoms in total. The van der Waals surface area contributed by atoms with Crippen LogP contribution in [0.3, 0.4) is 0 Å². The van der Waals surface area contributed by atoms with E-state index < -0.39 is 15.9 Å². The maximum absolute atomic E-state index is 11.9. The summed E-state index contributed by atoms with van der Waals surface area (Å²) in [6.07, 6.45) is 3.08. The van der Waals surface area contributed by atoms with Crippen molar-refractivity contribution in [1.29, 1.82) is 0 Å². The van der Waals surface area contributed by atoms with Gasteiger partial charge in [-0.05, 0) is 42.8 Å². The molecule has 2 amide bonds. The summed E-state index contributed by atoms with van der Waals surface area (Å²) in [4.78, 5) is 22.7. The van der Waals surface area contributed by atoms with Gasteiger partial charge >= 0.3 is 0 Å². The number of anilines is 1. The van der Waals surface area contributed by atoms with Crippen LogP contribution in [0.5, 0.6) is 0 Å². The van der Waals surface area contributed by atoms with Crippen LogP contribution in [0.2, 0.25) is 0 Å². The van der Waals surface area contributed by atoms with Gasteiger partial charge in [-0.25, -0.2) is 13.1 Å². The minimum absolute atomic E-state index is 0.0594. The highest BCUT2D eigenvalue weighted by Crippen LogP contribution is 2.14.